The van der Waals surface area contributed by atoms with Gasteiger partial charge in [-0.25, -0.2) is 4.98 Å². The van der Waals surface area contributed by atoms with Crippen LogP contribution in [0.3, 0.4) is 0 Å². The zero-order chi connectivity index (χ0) is 14.9. The lowest BCUT2D eigenvalue weighted by molar-refractivity contribution is 0.0997. The first-order valence-corrected chi connectivity index (χ1v) is 6.96. The molecule has 0 fully saturated rings. The number of amides is 1. The molecule has 0 saturated carbocycles. The van der Waals surface area contributed by atoms with Crippen LogP contribution < -0.4 is 10.5 Å². The van der Waals surface area contributed by atoms with E-state index in [4.69, 9.17) is 22.1 Å². The molecule has 0 aliphatic rings. The molecule has 0 atom stereocenters. The molecule has 1 aromatic heterocycles. The maximum Gasteiger partial charge on any atom is 0.254 e. The normalized spacial score (nSPS) is 10.4. The number of benzene rings is 1. The first kappa shape index (κ1) is 14.8. The van der Waals surface area contributed by atoms with Crippen LogP contribution in [0.1, 0.15) is 21.6 Å². The van der Waals surface area contributed by atoms with Gasteiger partial charge in [-0.2, -0.15) is 0 Å². The fourth-order valence-corrected chi connectivity index (χ4v) is 2.33. The van der Waals surface area contributed by atoms with E-state index in [-0.39, 0.29) is 11.4 Å². The summed E-state index contributed by atoms with van der Waals surface area (Å²) >= 11 is 9.40. The van der Waals surface area contributed by atoms with Gasteiger partial charge in [0.2, 0.25) is 5.88 Å². The number of primary amides is 1. The van der Waals surface area contributed by atoms with Gasteiger partial charge in [-0.1, -0.05) is 27.5 Å². The molecule has 0 unspecified atom stereocenters. The van der Waals surface area contributed by atoms with Crippen LogP contribution >= 0.6 is 27.5 Å². The first-order valence-electron chi connectivity index (χ1n) is 5.79. The maximum absolute atomic E-state index is 11.6. The number of pyridine rings is 1. The second-order valence-electron chi connectivity index (χ2n) is 4.30. The van der Waals surface area contributed by atoms with E-state index < -0.39 is 5.91 Å². The molecule has 1 amide bonds. The Morgan fingerprint density at radius 3 is 2.70 bits per heavy atom. The smallest absolute Gasteiger partial charge is 0.254 e. The minimum absolute atomic E-state index is 0.162. The Morgan fingerprint density at radius 2 is 2.05 bits per heavy atom. The zero-order valence-electron chi connectivity index (χ0n) is 10.9. The average molecular weight is 356 g/mol. The highest BCUT2D eigenvalue weighted by molar-refractivity contribution is 9.10. The summed E-state index contributed by atoms with van der Waals surface area (Å²) in [6.07, 6.45) is 0. The second kappa shape index (κ2) is 5.81. The molecule has 2 rings (SSSR count). The molecule has 1 heterocycles. The second-order valence-corrected chi connectivity index (χ2v) is 5.62. The van der Waals surface area contributed by atoms with Crippen molar-refractivity contribution in [3.05, 3.63) is 50.6 Å². The number of carbonyl (C=O) groups is 1. The molecule has 104 valence electrons. The van der Waals surface area contributed by atoms with Crippen LogP contribution in [0, 0.1) is 13.8 Å². The van der Waals surface area contributed by atoms with E-state index in [0.717, 1.165) is 10.2 Å². The number of nitrogens with two attached hydrogens (primary N) is 1. The molecule has 0 radical (unpaired) electrons. The van der Waals surface area contributed by atoms with Gasteiger partial charge in [0.05, 0.1) is 5.02 Å². The Bertz CT molecular complexity index is 689. The van der Waals surface area contributed by atoms with Crippen molar-refractivity contribution in [1.29, 1.82) is 0 Å². The summed E-state index contributed by atoms with van der Waals surface area (Å²) in [5, 5.41) is 0.421. The molecule has 20 heavy (non-hydrogen) atoms. The topological polar surface area (TPSA) is 65.2 Å². The van der Waals surface area contributed by atoms with Gasteiger partial charge in [0, 0.05) is 10.2 Å². The first-order chi connectivity index (χ1) is 9.38. The van der Waals surface area contributed by atoms with Crippen molar-refractivity contribution < 1.29 is 9.53 Å². The summed E-state index contributed by atoms with van der Waals surface area (Å²) < 4.78 is 6.48. The van der Waals surface area contributed by atoms with Crippen molar-refractivity contribution in [1.82, 2.24) is 4.98 Å². The van der Waals surface area contributed by atoms with Crippen LogP contribution in [0.25, 0.3) is 0 Å². The van der Waals surface area contributed by atoms with Gasteiger partial charge in [-0.15, -0.1) is 0 Å². The minimum atomic E-state index is -0.587. The highest BCUT2D eigenvalue weighted by Gasteiger charge is 2.17. The van der Waals surface area contributed by atoms with Crippen molar-refractivity contribution in [3.8, 4) is 11.6 Å². The quantitative estimate of drug-likeness (QED) is 0.905. The highest BCUT2D eigenvalue weighted by atomic mass is 79.9. The van der Waals surface area contributed by atoms with Crippen molar-refractivity contribution in [2.75, 3.05) is 0 Å². The van der Waals surface area contributed by atoms with Crippen LogP contribution in [0.15, 0.2) is 28.7 Å². The summed E-state index contributed by atoms with van der Waals surface area (Å²) in [6, 6.07) is 6.95. The van der Waals surface area contributed by atoms with E-state index in [1.54, 1.807) is 31.2 Å². The third-order valence-corrected chi connectivity index (χ3v) is 3.46. The van der Waals surface area contributed by atoms with Crippen molar-refractivity contribution in [2.24, 2.45) is 5.73 Å². The molecule has 4 nitrogen and oxygen atoms in total. The number of hydrogen-bond donors (Lipinski definition) is 1. The van der Waals surface area contributed by atoms with Gasteiger partial charge < -0.3 is 10.5 Å². The molecule has 0 aliphatic heterocycles. The molecule has 1 aromatic carbocycles. The van der Waals surface area contributed by atoms with Crippen LogP contribution in [0.2, 0.25) is 5.02 Å². The number of ether oxygens (including phenoxy) is 1. The molecule has 0 bridgehead atoms. The third kappa shape index (κ3) is 3.11. The Kier molecular flexibility index (Phi) is 4.30. The van der Waals surface area contributed by atoms with Crippen LogP contribution in [0.4, 0.5) is 0 Å². The van der Waals surface area contributed by atoms with Crippen molar-refractivity contribution >= 4 is 33.4 Å². The lowest BCUT2D eigenvalue weighted by atomic mass is 10.1. The number of halogens is 2. The molecule has 6 heteroatoms. The molecule has 2 N–H and O–H groups in total. The molecule has 0 aliphatic carbocycles. The summed E-state index contributed by atoms with van der Waals surface area (Å²) in [5.74, 6) is -0.0211. The van der Waals surface area contributed by atoms with Gasteiger partial charge in [-0.05, 0) is 43.7 Å². The number of aryl methyl sites for hydroxylation is 2. The lowest BCUT2D eigenvalue weighted by Crippen LogP contribution is -2.15. The summed E-state index contributed by atoms with van der Waals surface area (Å²) in [7, 11) is 0. The van der Waals surface area contributed by atoms with E-state index in [0.29, 0.717) is 16.3 Å². The number of carbonyl (C=O) groups excluding carboxylic acids is 1. The van der Waals surface area contributed by atoms with Gasteiger partial charge in [-0.3, -0.25) is 4.79 Å². The predicted molar refractivity (Wildman–Crippen MR) is 81.5 cm³/mol. The molecular weight excluding hydrogens is 344 g/mol. The molecular formula is C14H12BrClN2O2. The maximum atomic E-state index is 11.6. The fourth-order valence-electron chi connectivity index (χ4n) is 1.84. The number of rotatable bonds is 3. The van der Waals surface area contributed by atoms with Crippen LogP contribution in [-0.2, 0) is 0 Å². The Labute approximate surface area is 130 Å². The van der Waals surface area contributed by atoms with Crippen molar-refractivity contribution in [2.45, 2.75) is 13.8 Å². The zero-order valence-corrected chi connectivity index (χ0v) is 13.2. The molecule has 0 saturated heterocycles. The van der Waals surface area contributed by atoms with Gasteiger partial charge in [0.15, 0.2) is 0 Å². The van der Waals surface area contributed by atoms with Gasteiger partial charge in [0.25, 0.3) is 5.91 Å². The van der Waals surface area contributed by atoms with Gasteiger partial charge >= 0.3 is 0 Å². The number of aromatic nitrogens is 1. The van der Waals surface area contributed by atoms with E-state index in [2.05, 4.69) is 20.9 Å². The third-order valence-electron chi connectivity index (χ3n) is 2.66. The highest BCUT2D eigenvalue weighted by Crippen LogP contribution is 2.33. The molecule has 2 aromatic rings. The molecule has 0 spiro atoms. The predicted octanol–water partition coefficient (Wildman–Crippen LogP) is 4.01. The number of hydrogen-bond acceptors (Lipinski definition) is 3. The SMILES string of the molecule is Cc1cc(C)c(C(N)=O)c(Oc2cc(Br)ccc2Cl)n1. The Balaban J connectivity index is 2.53. The summed E-state index contributed by atoms with van der Waals surface area (Å²) in [4.78, 5) is 15.8. The number of nitrogens with zero attached hydrogens (tertiary/aromatic N) is 1. The van der Waals surface area contributed by atoms with E-state index in [9.17, 15) is 4.79 Å². The van der Waals surface area contributed by atoms with E-state index in [1.807, 2.05) is 6.92 Å². The Morgan fingerprint density at radius 1 is 1.35 bits per heavy atom. The fraction of sp³-hybridized carbons (Fsp3) is 0.143. The monoisotopic (exact) mass is 354 g/mol. The van der Waals surface area contributed by atoms with Crippen molar-refractivity contribution in [3.63, 3.8) is 0 Å². The summed E-state index contributed by atoms with van der Waals surface area (Å²) in [5.41, 5.74) is 7.09. The standard InChI is InChI=1S/C14H12BrClN2O2/c1-7-5-8(2)18-14(12(7)13(17)19)20-11-6-9(15)3-4-10(11)16/h3-6H,1-2H3,(H2,17,19). The van der Waals surface area contributed by atoms with Crippen LogP contribution in [0.5, 0.6) is 11.6 Å². The van der Waals surface area contributed by atoms with Gasteiger partial charge in [0.1, 0.15) is 11.3 Å². The van der Waals surface area contributed by atoms with E-state index >= 15 is 0 Å². The Hall–Kier alpha value is -1.59. The average Bonchev–Trinajstić information content (AvgIpc) is 2.32. The van der Waals surface area contributed by atoms with Crippen LogP contribution in [-0.4, -0.2) is 10.9 Å². The minimum Gasteiger partial charge on any atom is -0.437 e. The van der Waals surface area contributed by atoms with E-state index in [1.165, 1.54) is 0 Å². The lowest BCUT2D eigenvalue weighted by Gasteiger charge is -2.12. The largest absolute Gasteiger partial charge is 0.437 e. The summed E-state index contributed by atoms with van der Waals surface area (Å²) in [6.45, 7) is 3.59.